The van der Waals surface area contributed by atoms with E-state index in [4.69, 9.17) is 4.89 Å². The Balaban J connectivity index is 3.48. The van der Waals surface area contributed by atoms with Crippen LogP contribution in [0.15, 0.2) is 0 Å². The summed E-state index contributed by atoms with van der Waals surface area (Å²) in [6, 6.07) is 0. The maximum absolute atomic E-state index is 9.79. The van der Waals surface area contributed by atoms with Crippen LogP contribution in [0.2, 0.25) is 0 Å². The van der Waals surface area contributed by atoms with E-state index in [1.807, 2.05) is 0 Å². The molecule has 0 radical (unpaired) electrons. The van der Waals surface area contributed by atoms with Gasteiger partial charge >= 0.3 is 7.60 Å². The minimum absolute atomic E-state index is 1.01. The van der Waals surface area contributed by atoms with E-state index in [0.717, 1.165) is 6.66 Å². The molecule has 1 atom stereocenters. The third kappa shape index (κ3) is 4.11. The molecule has 0 amide bonds. The van der Waals surface area contributed by atoms with Crippen LogP contribution in [0, 0.1) is 0 Å². The van der Waals surface area contributed by atoms with Crippen LogP contribution < -0.4 is 5.90 Å². The van der Waals surface area contributed by atoms with Gasteiger partial charge in [0.05, 0.1) is 0 Å². The molecule has 0 saturated heterocycles. The van der Waals surface area contributed by atoms with Crippen LogP contribution in [-0.2, 0) is 9.19 Å². The molecule has 1 unspecified atom stereocenters. The molecule has 4 nitrogen and oxygen atoms in total. The molecule has 0 aliphatic rings. The van der Waals surface area contributed by atoms with Crippen molar-refractivity contribution in [3.8, 4) is 0 Å². The van der Waals surface area contributed by atoms with Crippen molar-refractivity contribution in [2.45, 2.75) is 0 Å². The molecule has 5 heteroatoms. The molecule has 0 aliphatic carbocycles. The minimum Gasteiger partial charge on any atom is -0.324 e. The van der Waals surface area contributed by atoms with Gasteiger partial charge < -0.3 is 4.89 Å². The van der Waals surface area contributed by atoms with Crippen LogP contribution in [0.4, 0.5) is 0 Å². The maximum atomic E-state index is 9.79. The van der Waals surface area contributed by atoms with Crippen LogP contribution in [0.25, 0.3) is 0 Å². The second-order valence-electron chi connectivity index (χ2n) is 0.908. The molecule has 0 aromatic rings. The predicted molar refractivity (Wildman–Crippen MR) is 21.0 cm³/mol. The van der Waals surface area contributed by atoms with Gasteiger partial charge in [-0.25, -0.2) is 10.5 Å². The molecule has 0 fully saturated rings. The summed E-state index contributed by atoms with van der Waals surface area (Å²) in [5.74, 6) is 4.29. The van der Waals surface area contributed by atoms with Crippen molar-refractivity contribution in [1.82, 2.24) is 0 Å². The molecular formula is CH6NO3P. The van der Waals surface area contributed by atoms with Gasteiger partial charge in [-0.15, -0.1) is 0 Å². The molecule has 0 aromatic heterocycles. The molecule has 0 bridgehead atoms. The lowest BCUT2D eigenvalue weighted by Gasteiger charge is -1.94. The third-order valence-corrected chi connectivity index (χ3v) is 0.587. The SMILES string of the molecule is CP(=O)(O)ON. The molecule has 0 aliphatic heterocycles. The van der Waals surface area contributed by atoms with Gasteiger partial charge in [-0.2, -0.15) is 0 Å². The molecule has 0 rings (SSSR count). The average Bonchev–Trinajstić information content (AvgIpc) is 1.35. The Morgan fingerprint density at radius 3 is 2.17 bits per heavy atom. The summed E-state index contributed by atoms with van der Waals surface area (Å²) in [5.41, 5.74) is 0. The Labute approximate surface area is 35.4 Å². The number of hydrogen-bond donors (Lipinski definition) is 2. The number of nitrogens with two attached hydrogens (primary N) is 1. The zero-order chi connectivity index (χ0) is 5.21. The number of rotatable bonds is 1. The lowest BCUT2D eigenvalue weighted by Crippen LogP contribution is -1.93. The lowest BCUT2D eigenvalue weighted by molar-refractivity contribution is 0.273. The van der Waals surface area contributed by atoms with Crippen molar-refractivity contribution in [3.63, 3.8) is 0 Å². The predicted octanol–water partition coefficient (Wildman–Crippen LogP) is -0.308. The molecule has 0 spiro atoms. The van der Waals surface area contributed by atoms with Gasteiger partial charge in [0.2, 0.25) is 0 Å². The van der Waals surface area contributed by atoms with Crippen molar-refractivity contribution >= 4 is 7.60 Å². The van der Waals surface area contributed by atoms with Crippen molar-refractivity contribution in [2.24, 2.45) is 5.90 Å². The molecular weight excluding hydrogens is 105 g/mol. The summed E-state index contributed by atoms with van der Waals surface area (Å²) < 4.78 is 13.3. The monoisotopic (exact) mass is 111 g/mol. The molecule has 0 saturated carbocycles. The fourth-order valence-corrected chi connectivity index (χ4v) is 0. The maximum Gasteiger partial charge on any atom is 0.341 e. The van der Waals surface area contributed by atoms with Gasteiger partial charge in [0, 0.05) is 6.66 Å². The second-order valence-corrected chi connectivity index (χ2v) is 2.73. The fraction of sp³-hybridized carbons (Fsp3) is 1.00. The molecule has 38 valence electrons. The Morgan fingerprint density at radius 1 is 2.00 bits per heavy atom. The van der Waals surface area contributed by atoms with Crippen molar-refractivity contribution in [3.05, 3.63) is 0 Å². The van der Waals surface area contributed by atoms with Crippen molar-refractivity contribution < 1.29 is 14.1 Å². The van der Waals surface area contributed by atoms with E-state index < -0.39 is 7.60 Å². The van der Waals surface area contributed by atoms with Crippen molar-refractivity contribution in [1.29, 1.82) is 0 Å². The highest BCUT2D eigenvalue weighted by atomic mass is 31.2. The first-order valence-corrected chi connectivity index (χ1v) is 3.27. The van der Waals surface area contributed by atoms with Crippen LogP contribution in [-0.4, -0.2) is 11.6 Å². The van der Waals surface area contributed by atoms with E-state index in [-0.39, 0.29) is 0 Å². The van der Waals surface area contributed by atoms with Crippen LogP contribution in [0.5, 0.6) is 0 Å². The van der Waals surface area contributed by atoms with E-state index in [0.29, 0.717) is 0 Å². The van der Waals surface area contributed by atoms with Crippen LogP contribution in [0.1, 0.15) is 0 Å². The van der Waals surface area contributed by atoms with E-state index in [2.05, 4.69) is 10.5 Å². The number of hydrogen-bond acceptors (Lipinski definition) is 3. The normalized spacial score (nSPS) is 19.8. The zero-order valence-electron chi connectivity index (χ0n) is 3.29. The standard InChI is InChI=1S/CH6NO3P/c1-6(3,4)5-2/h2H2,1H3,(H,3,4). The first-order valence-electron chi connectivity index (χ1n) is 1.25. The second kappa shape index (κ2) is 1.71. The summed E-state index contributed by atoms with van der Waals surface area (Å²) >= 11 is 0. The summed E-state index contributed by atoms with van der Waals surface area (Å²) in [5, 5.41) is 0. The summed E-state index contributed by atoms with van der Waals surface area (Å²) in [6.07, 6.45) is 0. The highest BCUT2D eigenvalue weighted by molar-refractivity contribution is 7.51. The molecule has 0 aromatic carbocycles. The Hall–Kier alpha value is 0.110. The molecule has 6 heavy (non-hydrogen) atoms. The largest absolute Gasteiger partial charge is 0.341 e. The summed E-state index contributed by atoms with van der Waals surface area (Å²) in [6.45, 7) is 1.01. The molecule has 0 heterocycles. The average molecular weight is 111 g/mol. The van der Waals surface area contributed by atoms with Crippen molar-refractivity contribution in [2.75, 3.05) is 6.66 Å². The van der Waals surface area contributed by atoms with Gasteiger partial charge in [0.1, 0.15) is 0 Å². The topological polar surface area (TPSA) is 72.5 Å². The highest BCUT2D eigenvalue weighted by Gasteiger charge is 2.04. The van der Waals surface area contributed by atoms with Gasteiger partial charge in [-0.05, 0) is 0 Å². The first-order chi connectivity index (χ1) is 2.56. The summed E-state index contributed by atoms with van der Waals surface area (Å²) in [7, 11) is -3.37. The fourth-order valence-electron chi connectivity index (χ4n) is 0. The van der Waals surface area contributed by atoms with Gasteiger partial charge in [-0.1, -0.05) is 0 Å². The van der Waals surface area contributed by atoms with E-state index in [1.165, 1.54) is 0 Å². The van der Waals surface area contributed by atoms with Crippen LogP contribution >= 0.6 is 7.60 Å². The smallest absolute Gasteiger partial charge is 0.324 e. The summed E-state index contributed by atoms with van der Waals surface area (Å²) in [4.78, 5) is 8.03. The van der Waals surface area contributed by atoms with Gasteiger partial charge in [0.25, 0.3) is 0 Å². The Bertz CT molecular complexity index is 74.9. The lowest BCUT2D eigenvalue weighted by atomic mass is 12.0. The molecule has 3 N–H and O–H groups in total. The van der Waals surface area contributed by atoms with Gasteiger partial charge in [0.15, 0.2) is 0 Å². The van der Waals surface area contributed by atoms with E-state index in [1.54, 1.807) is 0 Å². The van der Waals surface area contributed by atoms with Crippen LogP contribution in [0.3, 0.4) is 0 Å². The van der Waals surface area contributed by atoms with Gasteiger partial charge in [-0.3, -0.25) is 4.57 Å². The highest BCUT2D eigenvalue weighted by Crippen LogP contribution is 2.32. The Kier molecular flexibility index (Phi) is 1.74. The Morgan fingerprint density at radius 2 is 2.17 bits per heavy atom. The first kappa shape index (κ1) is 6.11. The quantitative estimate of drug-likeness (QED) is 0.359. The van der Waals surface area contributed by atoms with E-state index >= 15 is 0 Å². The third-order valence-electron chi connectivity index (χ3n) is 0.196. The minimum atomic E-state index is -3.37. The van der Waals surface area contributed by atoms with E-state index in [9.17, 15) is 4.57 Å². The zero-order valence-corrected chi connectivity index (χ0v) is 4.18.